The number of hydrogen-bond acceptors (Lipinski definition) is 6. The number of nitrogens with one attached hydrogen (secondary N) is 1. The van der Waals surface area contributed by atoms with E-state index in [0.29, 0.717) is 35.5 Å². The van der Waals surface area contributed by atoms with Crippen LogP contribution in [0.1, 0.15) is 12.8 Å². The van der Waals surface area contributed by atoms with E-state index in [1.54, 1.807) is 19.3 Å². The molecule has 1 aliphatic rings. The highest BCUT2D eigenvalue weighted by molar-refractivity contribution is 5.88. The van der Waals surface area contributed by atoms with Crippen molar-refractivity contribution in [2.45, 2.75) is 18.9 Å². The quantitative estimate of drug-likeness (QED) is 0.732. The molecule has 1 N–H and O–H groups in total. The topological polar surface area (TPSA) is 85.1 Å². The van der Waals surface area contributed by atoms with Crippen LogP contribution in [0.4, 0.5) is 15.9 Å². The van der Waals surface area contributed by atoms with E-state index in [-0.39, 0.29) is 23.1 Å². The second kappa shape index (κ2) is 7.06. The van der Waals surface area contributed by atoms with Crippen molar-refractivity contribution >= 4 is 22.4 Å². The maximum Gasteiger partial charge on any atom is 0.330 e. The summed E-state index contributed by atoms with van der Waals surface area (Å²) in [5, 5.41) is 4.04. The zero-order valence-corrected chi connectivity index (χ0v) is 15.7. The van der Waals surface area contributed by atoms with Gasteiger partial charge in [0.2, 0.25) is 0 Å². The number of rotatable bonds is 3. The van der Waals surface area contributed by atoms with Crippen molar-refractivity contribution in [2.24, 2.45) is 14.1 Å². The summed E-state index contributed by atoms with van der Waals surface area (Å²) >= 11 is 0. The Bertz CT molecular complexity index is 1150. The minimum atomic E-state index is -0.340. The first-order chi connectivity index (χ1) is 13.4. The molecule has 8 nitrogen and oxygen atoms in total. The van der Waals surface area contributed by atoms with E-state index in [0.717, 1.165) is 17.4 Å². The molecule has 0 spiro atoms. The summed E-state index contributed by atoms with van der Waals surface area (Å²) in [5.41, 5.74) is 0.586. The van der Waals surface area contributed by atoms with Gasteiger partial charge < -0.3 is 14.8 Å². The maximum atomic E-state index is 13.6. The number of piperidine rings is 1. The monoisotopic (exact) mass is 384 g/mol. The molecule has 3 aromatic rings. The van der Waals surface area contributed by atoms with Crippen LogP contribution in [0.2, 0.25) is 0 Å². The van der Waals surface area contributed by atoms with E-state index in [4.69, 9.17) is 0 Å². The molecule has 0 bridgehead atoms. The molecule has 146 valence electrons. The van der Waals surface area contributed by atoms with Gasteiger partial charge in [-0.3, -0.25) is 9.36 Å². The van der Waals surface area contributed by atoms with Crippen molar-refractivity contribution in [3.63, 3.8) is 0 Å². The molecule has 1 aliphatic heterocycles. The van der Waals surface area contributed by atoms with E-state index in [1.807, 2.05) is 4.90 Å². The third-order valence-electron chi connectivity index (χ3n) is 5.20. The Hall–Kier alpha value is -3.23. The van der Waals surface area contributed by atoms with Crippen LogP contribution in [-0.4, -0.2) is 38.2 Å². The minimum Gasteiger partial charge on any atom is -0.367 e. The van der Waals surface area contributed by atoms with Gasteiger partial charge in [0.25, 0.3) is 5.56 Å². The summed E-state index contributed by atoms with van der Waals surface area (Å²) in [7, 11) is 3.13. The number of aromatic nitrogens is 4. The van der Waals surface area contributed by atoms with Crippen LogP contribution in [-0.2, 0) is 14.1 Å². The summed E-state index contributed by atoms with van der Waals surface area (Å²) in [6, 6.07) is 4.59. The average Bonchev–Trinajstić information content (AvgIpc) is 2.70. The van der Waals surface area contributed by atoms with Gasteiger partial charge >= 0.3 is 5.69 Å². The highest BCUT2D eigenvalue weighted by atomic mass is 19.1. The number of nitrogens with zero attached hydrogens (tertiary/aromatic N) is 5. The molecule has 0 amide bonds. The molecular formula is C19H21FN6O2. The summed E-state index contributed by atoms with van der Waals surface area (Å²) in [6.45, 7) is 1.34. The van der Waals surface area contributed by atoms with Gasteiger partial charge in [-0.05, 0) is 31.0 Å². The SMILES string of the molecule is Cn1cc(N2CCC(Nc3ncnc4ccc(F)cc34)CC2)c(=O)n(C)c1=O. The molecule has 3 heterocycles. The Morgan fingerprint density at radius 3 is 2.64 bits per heavy atom. The Labute approximate surface area is 160 Å². The largest absolute Gasteiger partial charge is 0.367 e. The van der Waals surface area contributed by atoms with Crippen LogP contribution >= 0.6 is 0 Å². The standard InChI is InChI=1S/C19H21FN6O2/c1-24-10-16(18(27)25(2)19(24)28)26-7-5-13(6-8-26)23-17-14-9-12(20)3-4-15(14)21-11-22-17/h3-4,9-11,13H,5-8H2,1-2H3,(H,21,22,23). The lowest BCUT2D eigenvalue weighted by Gasteiger charge is -2.34. The van der Waals surface area contributed by atoms with Crippen molar-refractivity contribution < 1.29 is 4.39 Å². The Morgan fingerprint density at radius 2 is 1.89 bits per heavy atom. The first kappa shape index (κ1) is 18.1. The minimum absolute atomic E-state index is 0.147. The van der Waals surface area contributed by atoms with E-state index in [1.165, 1.54) is 30.1 Å². The summed E-state index contributed by atoms with van der Waals surface area (Å²) < 4.78 is 16.2. The van der Waals surface area contributed by atoms with Gasteiger partial charge in [-0.15, -0.1) is 0 Å². The second-order valence-corrected chi connectivity index (χ2v) is 7.06. The number of fused-ring (bicyclic) bond motifs is 1. The van der Waals surface area contributed by atoms with Gasteiger partial charge in [-0.25, -0.2) is 19.2 Å². The Morgan fingerprint density at radius 1 is 1.14 bits per heavy atom. The molecule has 9 heteroatoms. The fraction of sp³-hybridized carbons (Fsp3) is 0.368. The first-order valence-corrected chi connectivity index (χ1v) is 9.12. The number of halogens is 1. The second-order valence-electron chi connectivity index (χ2n) is 7.06. The summed E-state index contributed by atoms with van der Waals surface area (Å²) in [6.07, 6.45) is 4.63. The molecule has 0 saturated carbocycles. The van der Waals surface area contributed by atoms with Crippen molar-refractivity contribution in [2.75, 3.05) is 23.3 Å². The number of anilines is 2. The lowest BCUT2D eigenvalue weighted by atomic mass is 10.0. The predicted molar refractivity (Wildman–Crippen MR) is 105 cm³/mol. The van der Waals surface area contributed by atoms with Crippen LogP contribution in [0.3, 0.4) is 0 Å². The molecule has 28 heavy (non-hydrogen) atoms. The van der Waals surface area contributed by atoms with Crippen molar-refractivity contribution in [3.8, 4) is 0 Å². The van der Waals surface area contributed by atoms with E-state index >= 15 is 0 Å². The van der Waals surface area contributed by atoms with Crippen LogP contribution < -0.4 is 21.5 Å². The summed E-state index contributed by atoms with van der Waals surface area (Å²) in [5.74, 6) is 0.284. The van der Waals surface area contributed by atoms with Crippen LogP contribution in [0.5, 0.6) is 0 Å². The van der Waals surface area contributed by atoms with Crippen LogP contribution in [0.25, 0.3) is 10.9 Å². The molecule has 0 atom stereocenters. The van der Waals surface area contributed by atoms with Gasteiger partial charge in [0.05, 0.1) is 5.52 Å². The zero-order chi connectivity index (χ0) is 19.8. The smallest absolute Gasteiger partial charge is 0.330 e. The van der Waals surface area contributed by atoms with Crippen LogP contribution in [0.15, 0.2) is 40.3 Å². The van der Waals surface area contributed by atoms with Crippen LogP contribution in [0, 0.1) is 5.82 Å². The molecule has 0 aliphatic carbocycles. The van der Waals surface area contributed by atoms with Crippen molar-refractivity contribution in [1.82, 2.24) is 19.1 Å². The lowest BCUT2D eigenvalue weighted by Crippen LogP contribution is -2.45. The molecule has 0 radical (unpaired) electrons. The van der Waals surface area contributed by atoms with E-state index in [9.17, 15) is 14.0 Å². The third-order valence-corrected chi connectivity index (χ3v) is 5.20. The number of hydrogen-bond donors (Lipinski definition) is 1. The van der Waals surface area contributed by atoms with E-state index < -0.39 is 0 Å². The van der Waals surface area contributed by atoms with Crippen molar-refractivity contribution in [3.05, 3.63) is 57.4 Å². The number of aryl methyl sites for hydroxylation is 1. The Kier molecular flexibility index (Phi) is 4.58. The van der Waals surface area contributed by atoms with Gasteiger partial charge in [0, 0.05) is 44.8 Å². The third kappa shape index (κ3) is 3.23. The fourth-order valence-electron chi connectivity index (χ4n) is 3.61. The molecule has 1 fully saturated rings. The fourth-order valence-corrected chi connectivity index (χ4v) is 3.61. The molecule has 0 unspecified atom stereocenters. The van der Waals surface area contributed by atoms with Crippen molar-refractivity contribution in [1.29, 1.82) is 0 Å². The maximum absolute atomic E-state index is 13.6. The summed E-state index contributed by atoms with van der Waals surface area (Å²) in [4.78, 5) is 34.7. The Balaban J connectivity index is 1.51. The van der Waals surface area contributed by atoms with Gasteiger partial charge in [-0.2, -0.15) is 0 Å². The normalized spacial score (nSPS) is 15.2. The predicted octanol–water partition coefficient (Wildman–Crippen LogP) is 1.25. The molecule has 4 rings (SSSR count). The van der Waals surface area contributed by atoms with Gasteiger partial charge in [-0.1, -0.05) is 0 Å². The van der Waals surface area contributed by atoms with Gasteiger partial charge in [0.1, 0.15) is 23.6 Å². The molecule has 1 aromatic carbocycles. The number of benzene rings is 1. The van der Waals surface area contributed by atoms with Gasteiger partial charge in [0.15, 0.2) is 0 Å². The molecular weight excluding hydrogens is 363 g/mol. The molecule has 1 saturated heterocycles. The lowest BCUT2D eigenvalue weighted by molar-refractivity contribution is 0.520. The highest BCUT2D eigenvalue weighted by Crippen LogP contribution is 2.24. The zero-order valence-electron chi connectivity index (χ0n) is 15.7. The average molecular weight is 384 g/mol. The molecule has 2 aromatic heterocycles. The highest BCUT2D eigenvalue weighted by Gasteiger charge is 2.23. The van der Waals surface area contributed by atoms with E-state index in [2.05, 4.69) is 15.3 Å². The first-order valence-electron chi connectivity index (χ1n) is 9.12.